The Labute approximate surface area is 369 Å². The molecule has 0 saturated carbocycles. The molecule has 23 heteroatoms. The van der Waals surface area contributed by atoms with Crippen LogP contribution in [0.2, 0.25) is 0 Å². The number of carbonyl (C=O) groups is 4. The molecule has 0 atom stereocenters. The van der Waals surface area contributed by atoms with Crippen molar-refractivity contribution in [2.24, 2.45) is 42.3 Å². The van der Waals surface area contributed by atoms with Gasteiger partial charge >= 0.3 is 0 Å². The quantitative estimate of drug-likeness (QED) is 0.0522. The van der Waals surface area contributed by atoms with Crippen molar-refractivity contribution in [3.63, 3.8) is 0 Å². The highest BCUT2D eigenvalue weighted by atomic mass is 16.4. The van der Waals surface area contributed by atoms with Crippen LogP contribution >= 0.6 is 0 Å². The van der Waals surface area contributed by atoms with Gasteiger partial charge < -0.3 is 49.7 Å². The Kier molecular flexibility index (Phi) is 35.4. The number of hydrogen-bond donors (Lipinski definition) is 6. The number of H-pyrrole nitrogens is 6. The summed E-state index contributed by atoms with van der Waals surface area (Å²) >= 11 is 0. The van der Waals surface area contributed by atoms with Gasteiger partial charge in [-0.15, -0.1) is 0 Å². The van der Waals surface area contributed by atoms with Gasteiger partial charge in [0.15, 0.2) is 0 Å². The molecular weight excluding hydrogens is 819 g/mol. The first-order valence-electron chi connectivity index (χ1n) is 19.8. The summed E-state index contributed by atoms with van der Waals surface area (Å²) in [6, 6.07) is 0. The van der Waals surface area contributed by atoms with E-state index in [1.165, 1.54) is 34.9 Å². The van der Waals surface area contributed by atoms with Crippen molar-refractivity contribution in [2.75, 3.05) is 0 Å². The maximum absolute atomic E-state index is 8.93. The number of aromatic amines is 6. The fourth-order valence-electron chi connectivity index (χ4n) is 4.73. The van der Waals surface area contributed by atoms with Crippen LogP contribution in [0.1, 0.15) is 76.5 Å². The number of nitrogens with zero attached hydrogens (tertiary/aromatic N) is 6. The molecule has 6 heterocycles. The Morgan fingerprint density at radius 1 is 0.365 bits per heavy atom. The minimum Gasteiger partial charge on any atom is -0.900 e. The molecule has 6 rings (SSSR count). The first-order valence-corrected chi connectivity index (χ1v) is 19.8. The van der Waals surface area contributed by atoms with Gasteiger partial charge in [-0.3, -0.25) is 0 Å². The third-order valence-electron chi connectivity index (χ3n) is 8.19. The zero-order valence-electron chi connectivity index (χ0n) is 38.5. The lowest BCUT2D eigenvalue weighted by atomic mass is 10.5. The van der Waals surface area contributed by atoms with Gasteiger partial charge in [-0.2, -0.15) is 0 Å². The Balaban J connectivity index is -0.000000649. The maximum Gasteiger partial charge on any atom is 0.253 e. The van der Waals surface area contributed by atoms with Gasteiger partial charge in [-0.05, 0) is 0 Å². The number of imidazole rings is 6. The molecule has 0 aliphatic carbocycles. The lowest BCUT2D eigenvalue weighted by molar-refractivity contribution is -0.677. The molecule has 0 spiro atoms. The van der Waals surface area contributed by atoms with Crippen molar-refractivity contribution in [3.8, 4) is 0 Å². The van der Waals surface area contributed by atoms with Gasteiger partial charge in [0, 0.05) is 38.5 Å². The number of hydrogen-bond acceptors (Lipinski definition) is 10. The van der Waals surface area contributed by atoms with E-state index < -0.39 is 31.6 Å². The molecule has 0 aromatic carbocycles. The number of carboxylic acids is 4. The van der Waals surface area contributed by atoms with Crippen LogP contribution in [0, 0.1) is 0 Å². The monoisotopic (exact) mass is 886 g/mol. The highest BCUT2D eigenvalue weighted by Crippen LogP contribution is 1.86. The van der Waals surface area contributed by atoms with E-state index in [9.17, 15) is 0 Å². The summed E-state index contributed by atoms with van der Waals surface area (Å²) < 4.78 is 12.5. The van der Waals surface area contributed by atoms with Crippen LogP contribution in [-0.2, 0) is 100.0 Å². The third-order valence-corrected chi connectivity index (χ3v) is 8.19. The molecule has 0 unspecified atom stereocenters. The molecule has 6 aromatic rings. The molecule has 0 amide bonds. The zero-order chi connectivity index (χ0) is 48.9. The van der Waals surface area contributed by atoms with E-state index in [2.05, 4.69) is 98.8 Å². The molecule has 1 radical (unpaired) electrons. The first kappa shape index (κ1) is 60.4. The van der Waals surface area contributed by atoms with Crippen molar-refractivity contribution >= 4 is 31.6 Å². The van der Waals surface area contributed by atoms with Gasteiger partial charge in [0.2, 0.25) is 0 Å². The van der Waals surface area contributed by atoms with E-state index in [1.807, 2.05) is 117 Å². The van der Waals surface area contributed by atoms with E-state index in [1.54, 1.807) is 0 Å². The number of rotatable bonds is 6. The summed E-state index contributed by atoms with van der Waals surface area (Å²) in [5.74, 6) is -1.13. The Hall–Kier alpha value is -6.88. The molecule has 6 aromatic heterocycles. The highest BCUT2D eigenvalue weighted by molar-refractivity contribution is 6.25. The molecule has 0 aliphatic rings. The maximum atomic E-state index is 8.93. The van der Waals surface area contributed by atoms with Crippen LogP contribution in [0.5, 0.6) is 0 Å². The second-order valence-electron chi connectivity index (χ2n) is 12.5. The van der Waals surface area contributed by atoms with Crippen molar-refractivity contribution in [1.82, 2.24) is 29.9 Å². The molecule has 0 fully saturated rings. The Bertz CT molecular complexity index is 1720. The molecule has 6 N–H and O–H groups in total. The fourth-order valence-corrected chi connectivity index (χ4v) is 4.73. The molecule has 349 valence electrons. The predicted octanol–water partition coefficient (Wildman–Crippen LogP) is -7.38. The predicted molar refractivity (Wildman–Crippen MR) is 214 cm³/mol. The van der Waals surface area contributed by atoms with Crippen molar-refractivity contribution in [3.05, 3.63) is 109 Å². The topological polar surface area (TPSA) is 325 Å². The normalized spacial score (nSPS) is 9.05. The molecule has 22 nitrogen and oxygen atoms in total. The van der Waals surface area contributed by atoms with Crippen LogP contribution in [0.3, 0.4) is 0 Å². The van der Waals surface area contributed by atoms with Gasteiger partial charge in [0.25, 0.3) is 34.9 Å². The Morgan fingerprint density at radius 2 is 0.476 bits per heavy atom. The number of carboxylic acid groups (broad SMARTS) is 4. The van der Waals surface area contributed by atoms with Crippen LogP contribution in [0.4, 0.5) is 0 Å². The van der Waals surface area contributed by atoms with E-state index in [0.717, 1.165) is 38.5 Å². The summed E-state index contributed by atoms with van der Waals surface area (Å²) in [4.78, 5) is 54.4. The second kappa shape index (κ2) is 36.9. The van der Waals surface area contributed by atoms with Gasteiger partial charge in [0.1, 0.15) is 74.4 Å². The lowest BCUT2D eigenvalue weighted by Gasteiger charge is -2.01. The van der Waals surface area contributed by atoms with Crippen molar-refractivity contribution in [1.29, 1.82) is 0 Å². The minimum absolute atomic E-state index is 0.500. The Morgan fingerprint density at radius 3 is 0.508 bits per heavy atom. The number of carbonyl (C=O) groups excluding carboxylic acids is 4. The van der Waals surface area contributed by atoms with Crippen LogP contribution in [-0.4, -0.2) is 61.5 Å². The van der Waals surface area contributed by atoms with Crippen LogP contribution in [0.25, 0.3) is 0 Å². The van der Waals surface area contributed by atoms with Crippen LogP contribution < -0.4 is 57.9 Å². The summed E-state index contributed by atoms with van der Waals surface area (Å²) in [6.07, 6.45) is 30.2. The zero-order valence-corrected chi connectivity index (χ0v) is 38.5. The molecular formula is C40H66BN12O10. The summed E-state index contributed by atoms with van der Waals surface area (Å²) in [5.41, 5.74) is 0. The van der Waals surface area contributed by atoms with Crippen LogP contribution in [0.15, 0.2) is 74.4 Å². The van der Waals surface area contributed by atoms with Crippen molar-refractivity contribution < 1.29 is 77.1 Å². The standard InChI is InChI=1S/6C6H10N2.2C2H2O4.BO2/c6*1-3-6-7-4-5-8(6)2;2*3-1(4)2(5)6;2-1-3/h6*4-5H,3H2,1-2H3;2*(H,3,4)(H,5,6);/q;;;;;;;;-2/p+2. The number of aryl methyl sites for hydroxylation is 12. The minimum atomic E-state index is -2.19. The number of aromatic nitrogens is 12. The summed E-state index contributed by atoms with van der Waals surface area (Å²) in [5, 5.41) is 52.2. The molecule has 0 aliphatic heterocycles. The average Bonchev–Trinajstić information content (AvgIpc) is 4.13. The largest absolute Gasteiger partial charge is 0.900 e. The van der Waals surface area contributed by atoms with Gasteiger partial charge in [-0.25, -0.2) is 65.0 Å². The smallest absolute Gasteiger partial charge is 0.253 e. The van der Waals surface area contributed by atoms with E-state index >= 15 is 0 Å². The molecule has 0 saturated heterocycles. The number of aliphatic carboxylic acids is 4. The summed E-state index contributed by atoms with van der Waals surface area (Å²) in [6.45, 7) is 12.8. The third kappa shape index (κ3) is 29.1. The first-order chi connectivity index (χ1) is 29.8. The second-order valence-corrected chi connectivity index (χ2v) is 12.5. The summed E-state index contributed by atoms with van der Waals surface area (Å²) in [7, 11) is 11.7. The molecule has 0 bridgehead atoms. The van der Waals surface area contributed by atoms with Gasteiger partial charge in [0.05, 0.1) is 66.2 Å². The fraction of sp³-hybridized carbons (Fsp3) is 0.450. The number of nitrogens with one attached hydrogen (secondary N) is 6. The van der Waals surface area contributed by atoms with E-state index in [4.69, 9.17) is 49.7 Å². The average molecular weight is 886 g/mol. The van der Waals surface area contributed by atoms with Gasteiger partial charge in [-0.1, -0.05) is 41.5 Å². The lowest BCUT2D eigenvalue weighted by Crippen LogP contribution is -2.42. The SMILES string of the molecule is CCc1[nH]cc[n+]1C.CCc1[nH]cc[n+]1C.CCc1[nH]cc[n+]1C.CCc1[nH]cc[n+]1C.CCc1[nH]cc[n+]1C.CCc1[nH]cc[n+]1C.O=C([O-])C(=O)[O-].O=C([O-])C(=O)[O-].[O-][B][O-]. The van der Waals surface area contributed by atoms with E-state index in [-0.39, 0.29) is 0 Å². The van der Waals surface area contributed by atoms with E-state index in [0.29, 0.717) is 0 Å². The highest BCUT2D eigenvalue weighted by Gasteiger charge is 2.03. The van der Waals surface area contributed by atoms with Crippen molar-refractivity contribution in [2.45, 2.75) is 80.1 Å². The molecule has 63 heavy (non-hydrogen) atoms.